The number of likely N-dealkylation sites (tertiary alicyclic amines) is 1. The molecule has 0 radical (unpaired) electrons. The van der Waals surface area contributed by atoms with E-state index in [2.05, 4.69) is 0 Å². The predicted octanol–water partition coefficient (Wildman–Crippen LogP) is 7.73. The van der Waals surface area contributed by atoms with Gasteiger partial charge < -0.3 is 0 Å². The molecule has 0 aromatic heterocycles. The maximum absolute atomic E-state index is 13.8. The molecule has 31 heavy (non-hydrogen) atoms. The highest BCUT2D eigenvalue weighted by molar-refractivity contribution is 5.65. The Bertz CT molecular complexity index is 857. The summed E-state index contributed by atoms with van der Waals surface area (Å²) in [6.45, 7) is 3.98. The van der Waals surface area contributed by atoms with E-state index in [1.807, 2.05) is 32.0 Å². The van der Waals surface area contributed by atoms with Crippen molar-refractivity contribution in [1.29, 1.82) is 0 Å². The highest BCUT2D eigenvalue weighted by Gasteiger charge is 2.46. The van der Waals surface area contributed by atoms with E-state index in [1.54, 1.807) is 17.0 Å². The summed E-state index contributed by atoms with van der Waals surface area (Å²) in [7, 11) is 0. The van der Waals surface area contributed by atoms with Gasteiger partial charge in [-0.25, -0.2) is 0 Å². The lowest BCUT2D eigenvalue weighted by Gasteiger charge is -2.41. The Hall–Kier alpha value is -2.02. The first-order valence-electron chi connectivity index (χ1n) is 10.5. The zero-order valence-electron chi connectivity index (χ0n) is 17.6. The summed E-state index contributed by atoms with van der Waals surface area (Å²) >= 11 is 0. The van der Waals surface area contributed by atoms with Crippen molar-refractivity contribution in [2.24, 2.45) is 11.8 Å². The van der Waals surface area contributed by atoms with Crippen molar-refractivity contribution >= 4 is 0 Å². The Balaban J connectivity index is 2.03. The van der Waals surface area contributed by atoms with Crippen LogP contribution in [0.2, 0.25) is 0 Å². The Morgan fingerprint density at radius 1 is 0.903 bits per heavy atom. The molecule has 1 aliphatic heterocycles. The summed E-state index contributed by atoms with van der Waals surface area (Å²) in [5.41, 5.74) is 0.705. The molecule has 2 aromatic carbocycles. The van der Waals surface area contributed by atoms with Gasteiger partial charge in [-0.05, 0) is 60.5 Å². The van der Waals surface area contributed by atoms with Gasteiger partial charge in [-0.15, -0.1) is 0 Å². The van der Waals surface area contributed by atoms with E-state index in [1.165, 1.54) is 12.1 Å². The third-order valence-corrected chi connectivity index (χ3v) is 5.96. The van der Waals surface area contributed by atoms with E-state index in [4.69, 9.17) is 0 Å². The monoisotopic (exact) mass is 443 g/mol. The molecule has 1 aliphatic rings. The summed E-state index contributed by atoms with van der Waals surface area (Å²) in [4.78, 5) is 1.61. The number of rotatable bonds is 5. The summed E-state index contributed by atoms with van der Waals surface area (Å²) in [5, 5.41) is 0. The fraction of sp³-hybridized carbons (Fsp3) is 0.500. The molecule has 0 saturated carbocycles. The first-order valence-corrected chi connectivity index (χ1v) is 10.5. The highest BCUT2D eigenvalue weighted by atomic mass is 19.4. The topological polar surface area (TPSA) is 3.24 Å². The van der Waals surface area contributed by atoms with Gasteiger partial charge in [-0.3, -0.25) is 4.90 Å². The molecule has 0 aliphatic carbocycles. The maximum Gasteiger partial charge on any atom is 0.416 e. The second kappa shape index (κ2) is 9.23. The van der Waals surface area contributed by atoms with Crippen molar-refractivity contribution in [3.63, 3.8) is 0 Å². The largest absolute Gasteiger partial charge is 0.416 e. The second-order valence-electron chi connectivity index (χ2n) is 8.67. The van der Waals surface area contributed by atoms with Crippen molar-refractivity contribution in [3.05, 3.63) is 59.7 Å². The molecule has 170 valence electrons. The average molecular weight is 443 g/mol. The van der Waals surface area contributed by atoms with Gasteiger partial charge in [-0.1, -0.05) is 50.2 Å². The minimum absolute atomic E-state index is 0.0452. The van der Waals surface area contributed by atoms with Gasteiger partial charge in [0.2, 0.25) is 0 Å². The summed E-state index contributed by atoms with van der Waals surface area (Å²) < 4.78 is 81.7. The van der Waals surface area contributed by atoms with Crippen LogP contribution in [0.15, 0.2) is 48.5 Å². The van der Waals surface area contributed by atoms with Crippen molar-refractivity contribution in [1.82, 2.24) is 4.90 Å². The van der Waals surface area contributed by atoms with Crippen molar-refractivity contribution in [3.8, 4) is 11.1 Å². The van der Waals surface area contributed by atoms with Crippen LogP contribution in [0, 0.1) is 11.8 Å². The van der Waals surface area contributed by atoms with E-state index in [0.29, 0.717) is 18.5 Å². The number of halogens is 6. The Kier molecular flexibility index (Phi) is 7.04. The average Bonchev–Trinajstić information content (AvgIpc) is 2.71. The Morgan fingerprint density at radius 2 is 1.58 bits per heavy atom. The van der Waals surface area contributed by atoms with Crippen LogP contribution in [0.1, 0.15) is 50.3 Å². The normalized spacial score (nSPS) is 20.9. The smallest absolute Gasteiger partial charge is 0.296 e. The van der Waals surface area contributed by atoms with E-state index in [0.717, 1.165) is 11.6 Å². The Labute approximate surface area is 179 Å². The molecule has 2 unspecified atom stereocenters. The molecule has 1 saturated heterocycles. The molecule has 7 heteroatoms. The van der Waals surface area contributed by atoms with Crippen LogP contribution in [-0.4, -0.2) is 24.2 Å². The number of nitrogens with zero attached hydrogens (tertiary/aromatic N) is 1. The van der Waals surface area contributed by atoms with Crippen LogP contribution in [0.4, 0.5) is 26.3 Å². The van der Waals surface area contributed by atoms with Crippen LogP contribution >= 0.6 is 0 Å². The molecule has 1 heterocycles. The van der Waals surface area contributed by atoms with Crippen LogP contribution < -0.4 is 0 Å². The molecule has 2 atom stereocenters. The molecule has 3 rings (SSSR count). The number of alkyl halides is 6. The lowest BCUT2D eigenvalue weighted by atomic mass is 9.85. The standard InChI is InChI=1S/C24H27F6N/c1-16(2)12-13-31-15-19(23(25,26)27)9-11-22(31)20-14-18(17-6-4-3-5-7-17)8-10-21(20)24(28,29)30/h3-8,10,14,16,19,22H,9,11-13,15H2,1-2H3. The molecule has 1 nitrogen and oxygen atoms in total. The van der Waals surface area contributed by atoms with Crippen molar-refractivity contribution in [2.75, 3.05) is 13.1 Å². The fourth-order valence-corrected chi connectivity index (χ4v) is 4.24. The molecule has 0 N–H and O–H groups in total. The lowest BCUT2D eigenvalue weighted by molar-refractivity contribution is -0.191. The molecule has 0 bridgehead atoms. The SMILES string of the molecule is CC(C)CCN1CC(C(F)(F)F)CCC1c1cc(-c2ccccc2)ccc1C(F)(F)F. The van der Waals surface area contributed by atoms with Crippen LogP contribution in [0.3, 0.4) is 0 Å². The zero-order chi connectivity index (χ0) is 22.8. The number of benzene rings is 2. The van der Waals surface area contributed by atoms with E-state index in [-0.39, 0.29) is 30.9 Å². The summed E-state index contributed by atoms with van der Waals surface area (Å²) in [5.74, 6) is -1.27. The van der Waals surface area contributed by atoms with E-state index < -0.39 is 29.9 Å². The zero-order valence-corrected chi connectivity index (χ0v) is 17.6. The first-order chi connectivity index (χ1) is 14.5. The Morgan fingerprint density at radius 3 is 2.16 bits per heavy atom. The van der Waals surface area contributed by atoms with Crippen molar-refractivity contribution < 1.29 is 26.3 Å². The van der Waals surface area contributed by atoms with Gasteiger partial charge in [-0.2, -0.15) is 26.3 Å². The van der Waals surface area contributed by atoms with Gasteiger partial charge in [0.15, 0.2) is 0 Å². The summed E-state index contributed by atoms with van der Waals surface area (Å²) in [6.07, 6.45) is -8.42. The van der Waals surface area contributed by atoms with Gasteiger partial charge in [0.25, 0.3) is 0 Å². The van der Waals surface area contributed by atoms with E-state index in [9.17, 15) is 26.3 Å². The van der Waals surface area contributed by atoms with Gasteiger partial charge in [0.1, 0.15) is 0 Å². The number of hydrogen-bond donors (Lipinski definition) is 0. The molecule has 0 spiro atoms. The quantitative estimate of drug-likeness (QED) is 0.427. The van der Waals surface area contributed by atoms with Crippen LogP contribution in [-0.2, 0) is 6.18 Å². The molecule has 2 aromatic rings. The van der Waals surface area contributed by atoms with Gasteiger partial charge in [0, 0.05) is 12.6 Å². The minimum Gasteiger partial charge on any atom is -0.296 e. The molecular weight excluding hydrogens is 416 g/mol. The molecular formula is C24H27F6N. The van der Waals surface area contributed by atoms with Crippen LogP contribution in [0.5, 0.6) is 0 Å². The van der Waals surface area contributed by atoms with Gasteiger partial charge >= 0.3 is 12.4 Å². The molecule has 0 amide bonds. The number of hydrogen-bond acceptors (Lipinski definition) is 1. The highest BCUT2D eigenvalue weighted by Crippen LogP contribution is 2.45. The number of piperidine rings is 1. The minimum atomic E-state index is -4.57. The third-order valence-electron chi connectivity index (χ3n) is 5.96. The van der Waals surface area contributed by atoms with E-state index >= 15 is 0 Å². The molecule has 1 fully saturated rings. The lowest BCUT2D eigenvalue weighted by Crippen LogP contribution is -2.44. The predicted molar refractivity (Wildman–Crippen MR) is 109 cm³/mol. The second-order valence-corrected chi connectivity index (χ2v) is 8.67. The first kappa shape index (κ1) is 23.6. The maximum atomic E-state index is 13.8. The van der Waals surface area contributed by atoms with Crippen molar-refractivity contribution in [2.45, 2.75) is 51.5 Å². The summed E-state index contributed by atoms with van der Waals surface area (Å²) in [6, 6.07) is 12.4. The van der Waals surface area contributed by atoms with Crippen LogP contribution in [0.25, 0.3) is 11.1 Å². The third kappa shape index (κ3) is 5.82. The van der Waals surface area contributed by atoms with Gasteiger partial charge in [0.05, 0.1) is 11.5 Å². The fourth-order valence-electron chi connectivity index (χ4n) is 4.24.